The Morgan fingerprint density at radius 2 is 2.07 bits per heavy atom. The summed E-state index contributed by atoms with van der Waals surface area (Å²) in [4.78, 5) is 4.44. The zero-order valence-electron chi connectivity index (χ0n) is 10.1. The second kappa shape index (κ2) is 4.54. The Balaban J connectivity index is 2.02. The van der Waals surface area contributed by atoms with E-state index in [0.29, 0.717) is 5.92 Å². The van der Waals surface area contributed by atoms with Crippen molar-refractivity contribution in [3.05, 3.63) is 0 Å². The Labute approximate surface area is 93.3 Å². The van der Waals surface area contributed by atoms with Gasteiger partial charge in [-0.25, -0.2) is 0 Å². The van der Waals surface area contributed by atoms with Crippen LogP contribution in [0.15, 0.2) is 4.99 Å². The van der Waals surface area contributed by atoms with Crippen molar-refractivity contribution in [2.45, 2.75) is 46.0 Å². The average Bonchev–Trinajstić information content (AvgIpc) is 2.59. The summed E-state index contributed by atoms with van der Waals surface area (Å²) in [6.07, 6.45) is 6.74. The molecule has 0 amide bonds. The van der Waals surface area contributed by atoms with Gasteiger partial charge in [-0.2, -0.15) is 0 Å². The van der Waals surface area contributed by atoms with Gasteiger partial charge in [0.05, 0.1) is 5.84 Å². The van der Waals surface area contributed by atoms with Crippen molar-refractivity contribution in [2.24, 2.45) is 34.4 Å². The Kier molecular flexibility index (Phi) is 3.32. The molecule has 0 radical (unpaired) electrons. The Morgan fingerprint density at radius 1 is 1.27 bits per heavy atom. The SMILES string of the molecule is CCCC1CC2CN=C(N)C2CC1CC. The lowest BCUT2D eigenvalue weighted by Gasteiger charge is -2.38. The number of nitrogens with two attached hydrogens (primary N) is 1. The lowest BCUT2D eigenvalue weighted by atomic mass is 9.67. The normalized spacial score (nSPS) is 40.0. The van der Waals surface area contributed by atoms with E-state index in [1.165, 1.54) is 32.1 Å². The van der Waals surface area contributed by atoms with Crippen LogP contribution >= 0.6 is 0 Å². The maximum Gasteiger partial charge on any atom is 0.0972 e. The van der Waals surface area contributed by atoms with Gasteiger partial charge in [-0.1, -0.05) is 33.1 Å². The van der Waals surface area contributed by atoms with E-state index in [4.69, 9.17) is 5.73 Å². The zero-order chi connectivity index (χ0) is 10.8. The molecule has 2 rings (SSSR count). The summed E-state index contributed by atoms with van der Waals surface area (Å²) in [5, 5.41) is 0. The van der Waals surface area contributed by atoms with E-state index >= 15 is 0 Å². The van der Waals surface area contributed by atoms with Crippen molar-refractivity contribution in [2.75, 3.05) is 6.54 Å². The minimum atomic E-state index is 0.628. The van der Waals surface area contributed by atoms with E-state index in [9.17, 15) is 0 Å². The van der Waals surface area contributed by atoms with Crippen LogP contribution in [0.2, 0.25) is 0 Å². The minimum Gasteiger partial charge on any atom is -0.387 e. The maximum absolute atomic E-state index is 5.98. The van der Waals surface area contributed by atoms with Crippen LogP contribution in [0.3, 0.4) is 0 Å². The average molecular weight is 208 g/mol. The first kappa shape index (κ1) is 11.0. The standard InChI is InChI=1S/C13H24N2/c1-3-5-10-6-11-8-15-13(14)12(11)7-9(10)4-2/h9-12H,3-8H2,1-2H3,(H2,14,15). The first-order chi connectivity index (χ1) is 7.26. The van der Waals surface area contributed by atoms with Gasteiger partial charge in [0.15, 0.2) is 0 Å². The minimum absolute atomic E-state index is 0.628. The summed E-state index contributed by atoms with van der Waals surface area (Å²) in [5.41, 5.74) is 5.98. The third-order valence-electron chi connectivity index (χ3n) is 4.47. The molecule has 4 atom stereocenters. The van der Waals surface area contributed by atoms with Crippen molar-refractivity contribution in [3.63, 3.8) is 0 Å². The highest BCUT2D eigenvalue weighted by Gasteiger charge is 2.39. The molecule has 1 aliphatic carbocycles. The number of aliphatic imine (C=N–C) groups is 1. The smallest absolute Gasteiger partial charge is 0.0972 e. The van der Waals surface area contributed by atoms with Crippen LogP contribution in [0.1, 0.15) is 46.0 Å². The van der Waals surface area contributed by atoms with Crippen molar-refractivity contribution in [1.82, 2.24) is 0 Å². The fraction of sp³-hybridized carbons (Fsp3) is 0.923. The number of amidine groups is 1. The molecule has 1 fully saturated rings. The molecule has 2 nitrogen and oxygen atoms in total. The quantitative estimate of drug-likeness (QED) is 0.761. The molecule has 4 unspecified atom stereocenters. The van der Waals surface area contributed by atoms with Crippen LogP contribution in [-0.4, -0.2) is 12.4 Å². The van der Waals surface area contributed by atoms with Crippen LogP contribution < -0.4 is 5.73 Å². The first-order valence-corrected chi connectivity index (χ1v) is 6.56. The predicted octanol–water partition coefficient (Wildman–Crippen LogP) is 2.83. The molecule has 1 aliphatic heterocycles. The van der Waals surface area contributed by atoms with Crippen LogP contribution in [0.5, 0.6) is 0 Å². The van der Waals surface area contributed by atoms with Crippen LogP contribution in [0.4, 0.5) is 0 Å². The molecule has 1 heterocycles. The summed E-state index contributed by atoms with van der Waals surface area (Å²) in [6.45, 7) is 5.64. The van der Waals surface area contributed by atoms with Gasteiger partial charge in [0.1, 0.15) is 0 Å². The van der Waals surface area contributed by atoms with E-state index in [2.05, 4.69) is 18.8 Å². The molecule has 0 bridgehead atoms. The van der Waals surface area contributed by atoms with Gasteiger partial charge in [-0.15, -0.1) is 0 Å². The van der Waals surface area contributed by atoms with Gasteiger partial charge in [0.25, 0.3) is 0 Å². The monoisotopic (exact) mass is 208 g/mol. The second-order valence-corrected chi connectivity index (χ2v) is 5.32. The third-order valence-corrected chi connectivity index (χ3v) is 4.47. The van der Waals surface area contributed by atoms with E-state index in [1.54, 1.807) is 0 Å². The summed E-state index contributed by atoms with van der Waals surface area (Å²) < 4.78 is 0. The van der Waals surface area contributed by atoms with Gasteiger partial charge < -0.3 is 5.73 Å². The van der Waals surface area contributed by atoms with Gasteiger partial charge >= 0.3 is 0 Å². The van der Waals surface area contributed by atoms with Crippen molar-refractivity contribution in [3.8, 4) is 0 Å². The fourth-order valence-corrected chi connectivity index (χ4v) is 3.58. The maximum atomic E-state index is 5.98. The van der Waals surface area contributed by atoms with Crippen LogP contribution in [0.25, 0.3) is 0 Å². The van der Waals surface area contributed by atoms with Gasteiger partial charge in [-0.3, -0.25) is 4.99 Å². The highest BCUT2D eigenvalue weighted by molar-refractivity contribution is 5.84. The molecule has 2 aliphatic rings. The predicted molar refractivity (Wildman–Crippen MR) is 64.9 cm³/mol. The molecule has 0 aromatic heterocycles. The zero-order valence-corrected chi connectivity index (χ0v) is 10.1. The molecule has 0 aromatic rings. The molecule has 2 N–H and O–H groups in total. The number of nitrogens with zero attached hydrogens (tertiary/aromatic N) is 1. The van der Waals surface area contributed by atoms with Crippen LogP contribution in [-0.2, 0) is 0 Å². The Hall–Kier alpha value is -0.530. The largest absolute Gasteiger partial charge is 0.387 e. The van der Waals surface area contributed by atoms with E-state index in [0.717, 1.165) is 30.1 Å². The summed E-state index contributed by atoms with van der Waals surface area (Å²) >= 11 is 0. The lowest BCUT2D eigenvalue weighted by molar-refractivity contribution is 0.146. The molecule has 0 spiro atoms. The molecular weight excluding hydrogens is 184 g/mol. The van der Waals surface area contributed by atoms with E-state index in [1.807, 2.05) is 0 Å². The Bertz CT molecular complexity index is 247. The van der Waals surface area contributed by atoms with Crippen LogP contribution in [0, 0.1) is 23.7 Å². The third kappa shape index (κ3) is 2.04. The number of hydrogen-bond donors (Lipinski definition) is 1. The number of fused-ring (bicyclic) bond motifs is 1. The van der Waals surface area contributed by atoms with E-state index < -0.39 is 0 Å². The topological polar surface area (TPSA) is 38.4 Å². The fourth-order valence-electron chi connectivity index (χ4n) is 3.58. The van der Waals surface area contributed by atoms with Crippen molar-refractivity contribution >= 4 is 5.84 Å². The molecule has 15 heavy (non-hydrogen) atoms. The highest BCUT2D eigenvalue weighted by atomic mass is 14.9. The Morgan fingerprint density at radius 3 is 2.73 bits per heavy atom. The van der Waals surface area contributed by atoms with Crippen molar-refractivity contribution in [1.29, 1.82) is 0 Å². The highest BCUT2D eigenvalue weighted by Crippen LogP contribution is 2.43. The van der Waals surface area contributed by atoms with Gasteiger partial charge in [-0.05, 0) is 30.6 Å². The van der Waals surface area contributed by atoms with Gasteiger partial charge in [0, 0.05) is 12.5 Å². The first-order valence-electron chi connectivity index (χ1n) is 6.56. The van der Waals surface area contributed by atoms with E-state index in [-0.39, 0.29) is 0 Å². The number of hydrogen-bond acceptors (Lipinski definition) is 2. The second-order valence-electron chi connectivity index (χ2n) is 5.32. The molecule has 2 heteroatoms. The molecule has 86 valence electrons. The molecule has 0 aromatic carbocycles. The lowest BCUT2D eigenvalue weighted by Crippen LogP contribution is -2.36. The summed E-state index contributed by atoms with van der Waals surface area (Å²) in [7, 11) is 0. The summed E-state index contributed by atoms with van der Waals surface area (Å²) in [5.74, 6) is 4.21. The van der Waals surface area contributed by atoms with Gasteiger partial charge in [0.2, 0.25) is 0 Å². The molecule has 1 saturated carbocycles. The molecular formula is C13H24N2. The number of rotatable bonds is 3. The summed E-state index contributed by atoms with van der Waals surface area (Å²) in [6, 6.07) is 0. The van der Waals surface area contributed by atoms with Crippen molar-refractivity contribution < 1.29 is 0 Å². The molecule has 0 saturated heterocycles.